The number of aliphatic carboxylic acids is 1. The Balaban J connectivity index is 2.14. The molecule has 0 spiro atoms. The molecular formula is C16H14N3O3-. The molecule has 0 aliphatic rings. The second-order valence-electron chi connectivity index (χ2n) is 4.47. The smallest absolute Gasteiger partial charge is 0.271 e. The Kier molecular flexibility index (Phi) is 5.37. The molecule has 1 aromatic carbocycles. The average Bonchev–Trinajstić information content (AvgIpc) is 2.56. The van der Waals surface area contributed by atoms with Gasteiger partial charge < -0.3 is 9.90 Å². The number of carbonyl (C=O) groups excluding carboxylic acids is 2. The van der Waals surface area contributed by atoms with E-state index in [0.29, 0.717) is 11.3 Å². The van der Waals surface area contributed by atoms with Crippen LogP contribution in [0, 0.1) is 0 Å². The van der Waals surface area contributed by atoms with Gasteiger partial charge in [0, 0.05) is 23.9 Å². The molecule has 0 aliphatic carbocycles. The van der Waals surface area contributed by atoms with Crippen LogP contribution in [-0.4, -0.2) is 22.6 Å². The van der Waals surface area contributed by atoms with Crippen molar-refractivity contribution in [2.75, 3.05) is 0 Å². The lowest BCUT2D eigenvalue weighted by molar-refractivity contribution is -0.305. The molecule has 1 heterocycles. The van der Waals surface area contributed by atoms with E-state index in [2.05, 4.69) is 15.5 Å². The highest BCUT2D eigenvalue weighted by molar-refractivity contribution is 6.03. The summed E-state index contributed by atoms with van der Waals surface area (Å²) < 4.78 is 0. The molecule has 0 saturated heterocycles. The predicted octanol–water partition coefficient (Wildman–Crippen LogP) is 0.746. The highest BCUT2D eigenvalue weighted by atomic mass is 16.4. The first-order valence-electron chi connectivity index (χ1n) is 6.69. The third-order valence-electron chi connectivity index (χ3n) is 2.91. The second-order valence-corrected chi connectivity index (χ2v) is 4.47. The number of benzene rings is 1. The van der Waals surface area contributed by atoms with Crippen LogP contribution in [0.3, 0.4) is 0 Å². The first-order valence-corrected chi connectivity index (χ1v) is 6.69. The molecule has 2 rings (SSSR count). The van der Waals surface area contributed by atoms with Gasteiger partial charge in [-0.2, -0.15) is 5.10 Å². The molecule has 1 aromatic heterocycles. The molecule has 0 bridgehead atoms. The summed E-state index contributed by atoms with van der Waals surface area (Å²) in [6, 6.07) is 12.2. The summed E-state index contributed by atoms with van der Waals surface area (Å²) >= 11 is 0. The number of nitrogens with one attached hydrogen (secondary N) is 1. The number of pyridine rings is 1. The number of rotatable bonds is 6. The zero-order valence-corrected chi connectivity index (χ0v) is 11.7. The van der Waals surface area contributed by atoms with Gasteiger partial charge in [-0.05, 0) is 30.5 Å². The number of carboxylic acids is 1. The van der Waals surface area contributed by atoms with E-state index in [0.717, 1.165) is 5.56 Å². The molecule has 0 aliphatic heterocycles. The Morgan fingerprint density at radius 1 is 1.00 bits per heavy atom. The first-order chi connectivity index (χ1) is 10.7. The number of hydrogen-bond acceptors (Lipinski definition) is 5. The standard InChI is InChI=1S/C16H15N3O3/c20-15(21)7-6-14(12-4-2-1-3-5-12)18-19-16(22)13-8-10-17-11-9-13/h1-5,8-11H,6-7H2,(H,19,22)(H,20,21)/p-1/b18-14-. The predicted molar refractivity (Wildman–Crippen MR) is 78.9 cm³/mol. The van der Waals surface area contributed by atoms with Crippen LogP contribution in [0.1, 0.15) is 28.8 Å². The van der Waals surface area contributed by atoms with Crippen LogP contribution in [0.5, 0.6) is 0 Å². The largest absolute Gasteiger partial charge is 0.550 e. The molecule has 0 atom stereocenters. The lowest BCUT2D eigenvalue weighted by Crippen LogP contribution is -2.24. The van der Waals surface area contributed by atoms with E-state index >= 15 is 0 Å². The van der Waals surface area contributed by atoms with Crippen molar-refractivity contribution in [1.82, 2.24) is 10.4 Å². The fourth-order valence-electron chi connectivity index (χ4n) is 1.80. The summed E-state index contributed by atoms with van der Waals surface area (Å²) in [5.74, 6) is -1.55. The lowest BCUT2D eigenvalue weighted by atomic mass is 10.1. The van der Waals surface area contributed by atoms with Crippen molar-refractivity contribution in [3.63, 3.8) is 0 Å². The molecule has 112 valence electrons. The van der Waals surface area contributed by atoms with E-state index in [9.17, 15) is 14.7 Å². The molecule has 2 aromatic rings. The summed E-state index contributed by atoms with van der Waals surface area (Å²) in [6.45, 7) is 0. The minimum atomic E-state index is -1.16. The van der Waals surface area contributed by atoms with E-state index in [1.807, 2.05) is 18.2 Å². The number of hydrogen-bond donors (Lipinski definition) is 1. The highest BCUT2D eigenvalue weighted by Gasteiger charge is 2.07. The number of carbonyl (C=O) groups is 2. The number of carboxylic acid groups (broad SMARTS) is 1. The van der Waals surface area contributed by atoms with Crippen LogP contribution in [0.15, 0.2) is 60.0 Å². The molecule has 1 N–H and O–H groups in total. The maximum atomic E-state index is 11.9. The van der Waals surface area contributed by atoms with Crippen LogP contribution in [-0.2, 0) is 4.79 Å². The van der Waals surface area contributed by atoms with E-state index in [1.165, 1.54) is 12.4 Å². The minimum absolute atomic E-state index is 0.168. The van der Waals surface area contributed by atoms with E-state index in [4.69, 9.17) is 0 Å². The molecular weight excluding hydrogens is 282 g/mol. The van der Waals surface area contributed by atoms with Gasteiger partial charge in [-0.25, -0.2) is 5.43 Å². The third kappa shape index (κ3) is 4.52. The Labute approximate surface area is 127 Å². The van der Waals surface area contributed by atoms with Gasteiger partial charge in [0.25, 0.3) is 5.91 Å². The summed E-state index contributed by atoms with van der Waals surface area (Å²) in [5, 5.41) is 14.7. The highest BCUT2D eigenvalue weighted by Crippen LogP contribution is 2.06. The number of hydrazone groups is 1. The van der Waals surface area contributed by atoms with E-state index in [1.54, 1.807) is 24.3 Å². The number of amides is 1. The summed E-state index contributed by atoms with van der Waals surface area (Å²) in [6.07, 6.45) is 3.02. The minimum Gasteiger partial charge on any atom is -0.550 e. The van der Waals surface area contributed by atoms with Gasteiger partial charge in [0.05, 0.1) is 5.71 Å². The molecule has 1 amide bonds. The third-order valence-corrected chi connectivity index (χ3v) is 2.91. The normalized spacial score (nSPS) is 11.0. The van der Waals surface area contributed by atoms with Crippen molar-refractivity contribution in [1.29, 1.82) is 0 Å². The van der Waals surface area contributed by atoms with Gasteiger partial charge in [0.15, 0.2) is 0 Å². The number of aromatic nitrogens is 1. The van der Waals surface area contributed by atoms with Gasteiger partial charge in [0.2, 0.25) is 0 Å². The molecule has 6 nitrogen and oxygen atoms in total. The van der Waals surface area contributed by atoms with Gasteiger partial charge in [-0.15, -0.1) is 0 Å². The molecule has 0 radical (unpaired) electrons. The Hall–Kier alpha value is -3.02. The monoisotopic (exact) mass is 296 g/mol. The van der Waals surface area contributed by atoms with Crippen LogP contribution in [0.25, 0.3) is 0 Å². The fraction of sp³-hybridized carbons (Fsp3) is 0.125. The Morgan fingerprint density at radius 3 is 2.32 bits per heavy atom. The zero-order chi connectivity index (χ0) is 15.8. The lowest BCUT2D eigenvalue weighted by Gasteiger charge is -2.08. The van der Waals surface area contributed by atoms with Gasteiger partial charge in [0.1, 0.15) is 0 Å². The van der Waals surface area contributed by atoms with Crippen molar-refractivity contribution in [2.45, 2.75) is 12.8 Å². The van der Waals surface area contributed by atoms with Crippen molar-refractivity contribution in [3.8, 4) is 0 Å². The van der Waals surface area contributed by atoms with Crippen LogP contribution < -0.4 is 10.5 Å². The summed E-state index contributed by atoms with van der Waals surface area (Å²) in [5.41, 5.74) is 4.08. The van der Waals surface area contributed by atoms with Crippen molar-refractivity contribution in [2.24, 2.45) is 5.10 Å². The average molecular weight is 296 g/mol. The molecule has 0 saturated carbocycles. The summed E-state index contributed by atoms with van der Waals surface area (Å²) in [7, 11) is 0. The van der Waals surface area contributed by atoms with Crippen LogP contribution >= 0.6 is 0 Å². The maximum Gasteiger partial charge on any atom is 0.271 e. The Morgan fingerprint density at radius 2 is 1.68 bits per heavy atom. The van der Waals surface area contributed by atoms with Gasteiger partial charge >= 0.3 is 0 Å². The van der Waals surface area contributed by atoms with Gasteiger partial charge in [-0.1, -0.05) is 30.3 Å². The van der Waals surface area contributed by atoms with E-state index in [-0.39, 0.29) is 18.7 Å². The van der Waals surface area contributed by atoms with Crippen molar-refractivity contribution in [3.05, 3.63) is 66.0 Å². The molecule has 0 unspecified atom stereocenters. The van der Waals surface area contributed by atoms with Crippen molar-refractivity contribution < 1.29 is 14.7 Å². The zero-order valence-electron chi connectivity index (χ0n) is 11.7. The van der Waals surface area contributed by atoms with Gasteiger partial charge in [-0.3, -0.25) is 9.78 Å². The molecule has 22 heavy (non-hydrogen) atoms. The SMILES string of the molecule is O=C([O-])CC/C(=N/NC(=O)c1ccncc1)c1ccccc1. The Bertz CT molecular complexity index is 670. The maximum absolute atomic E-state index is 11.9. The fourth-order valence-corrected chi connectivity index (χ4v) is 1.80. The van der Waals surface area contributed by atoms with Crippen LogP contribution in [0.2, 0.25) is 0 Å². The topological polar surface area (TPSA) is 94.5 Å². The molecule has 0 fully saturated rings. The first kappa shape index (κ1) is 15.4. The number of nitrogens with zero attached hydrogens (tertiary/aromatic N) is 2. The van der Waals surface area contributed by atoms with Crippen molar-refractivity contribution >= 4 is 17.6 Å². The quantitative estimate of drug-likeness (QED) is 0.628. The second kappa shape index (κ2) is 7.68. The van der Waals surface area contributed by atoms with E-state index < -0.39 is 5.97 Å². The summed E-state index contributed by atoms with van der Waals surface area (Å²) in [4.78, 5) is 26.4. The van der Waals surface area contributed by atoms with Crippen LogP contribution in [0.4, 0.5) is 0 Å². The molecule has 6 heteroatoms.